The Morgan fingerprint density at radius 3 is 2.56 bits per heavy atom. The molecule has 0 saturated carbocycles. The van der Waals surface area contributed by atoms with Crippen LogP contribution in [0.4, 0.5) is 5.69 Å². The van der Waals surface area contributed by atoms with Crippen LogP contribution in [0.3, 0.4) is 0 Å². The third-order valence-corrected chi connectivity index (χ3v) is 6.69. The molecular weight excluding hydrogens is 378 g/mol. The Hall–Kier alpha value is -1.53. The number of hydrogen-bond acceptors (Lipinski definition) is 4. The van der Waals surface area contributed by atoms with Gasteiger partial charge in [0.05, 0.1) is 5.69 Å². The second-order valence-electron chi connectivity index (χ2n) is 6.95. The summed E-state index contributed by atoms with van der Waals surface area (Å²) < 4.78 is 0. The van der Waals surface area contributed by atoms with Crippen molar-refractivity contribution >= 4 is 35.0 Å². The van der Waals surface area contributed by atoms with E-state index in [9.17, 15) is 4.79 Å². The van der Waals surface area contributed by atoms with Crippen molar-refractivity contribution in [2.45, 2.75) is 16.6 Å². The number of fused-ring (bicyclic) bond motifs is 1. The molecule has 4 nitrogen and oxygen atoms in total. The van der Waals surface area contributed by atoms with Crippen LogP contribution >= 0.6 is 23.4 Å². The van der Waals surface area contributed by atoms with Gasteiger partial charge in [-0.25, -0.2) is 0 Å². The summed E-state index contributed by atoms with van der Waals surface area (Å²) in [6.45, 7) is 6.08. The number of thioether (sulfide) groups is 1. The molecule has 1 N–H and O–H groups in total. The topological polar surface area (TPSA) is 35.6 Å². The molecule has 4 rings (SSSR count). The molecule has 1 unspecified atom stereocenters. The van der Waals surface area contributed by atoms with Crippen LogP contribution in [0.5, 0.6) is 0 Å². The van der Waals surface area contributed by atoms with Crippen LogP contribution in [0.15, 0.2) is 53.4 Å². The van der Waals surface area contributed by atoms with Crippen molar-refractivity contribution in [1.82, 2.24) is 10.2 Å². The number of carbonyl (C=O) groups is 1. The van der Waals surface area contributed by atoms with Crippen LogP contribution in [0.25, 0.3) is 0 Å². The van der Waals surface area contributed by atoms with Crippen LogP contribution < -0.4 is 10.2 Å². The maximum Gasteiger partial charge on any atom is 0.245 e. The van der Waals surface area contributed by atoms with Gasteiger partial charge in [0.25, 0.3) is 0 Å². The molecular formula is C21H24ClN3OS. The van der Waals surface area contributed by atoms with Gasteiger partial charge in [-0.2, -0.15) is 0 Å². The number of amides is 1. The van der Waals surface area contributed by atoms with Gasteiger partial charge in [-0.3, -0.25) is 4.79 Å². The van der Waals surface area contributed by atoms with Gasteiger partial charge in [0.15, 0.2) is 0 Å². The zero-order valence-corrected chi connectivity index (χ0v) is 16.8. The van der Waals surface area contributed by atoms with E-state index in [-0.39, 0.29) is 11.2 Å². The first-order valence-corrected chi connectivity index (χ1v) is 10.7. The van der Waals surface area contributed by atoms with Crippen LogP contribution in [-0.2, 0) is 4.79 Å². The smallest absolute Gasteiger partial charge is 0.245 e. The van der Waals surface area contributed by atoms with Crippen molar-refractivity contribution < 1.29 is 4.79 Å². The zero-order chi connectivity index (χ0) is 18.6. The monoisotopic (exact) mass is 401 g/mol. The first kappa shape index (κ1) is 18.8. The maximum absolute atomic E-state index is 13.3. The third-order valence-electron chi connectivity index (χ3n) is 5.13. The molecule has 1 atom stereocenters. The maximum atomic E-state index is 13.3. The van der Waals surface area contributed by atoms with Crippen LogP contribution in [0.2, 0.25) is 5.02 Å². The highest BCUT2D eigenvalue weighted by molar-refractivity contribution is 8.00. The van der Waals surface area contributed by atoms with Gasteiger partial charge in [-0.05, 0) is 42.8 Å². The minimum atomic E-state index is -0.212. The molecule has 2 aliphatic heterocycles. The fourth-order valence-corrected chi connectivity index (χ4v) is 5.04. The van der Waals surface area contributed by atoms with Gasteiger partial charge in [0, 0.05) is 42.6 Å². The number of carbonyl (C=O) groups excluding carboxylic acids is 1. The van der Waals surface area contributed by atoms with Crippen molar-refractivity contribution in [3.63, 3.8) is 0 Å². The molecule has 2 aromatic rings. The molecule has 0 aromatic heterocycles. The van der Waals surface area contributed by atoms with E-state index in [1.165, 1.54) is 4.90 Å². The van der Waals surface area contributed by atoms with E-state index in [1.54, 1.807) is 11.8 Å². The van der Waals surface area contributed by atoms with Crippen molar-refractivity contribution in [2.24, 2.45) is 0 Å². The van der Waals surface area contributed by atoms with E-state index in [1.807, 2.05) is 41.3 Å². The number of para-hydroxylation sites is 1. The lowest BCUT2D eigenvalue weighted by atomic mass is 10.1. The molecule has 0 aliphatic carbocycles. The minimum Gasteiger partial charge on any atom is -0.314 e. The number of rotatable bonds is 5. The highest BCUT2D eigenvalue weighted by Gasteiger charge is 2.34. The number of nitrogens with zero attached hydrogens (tertiary/aromatic N) is 2. The van der Waals surface area contributed by atoms with Crippen molar-refractivity contribution in [1.29, 1.82) is 0 Å². The number of hydrogen-bond donors (Lipinski definition) is 1. The number of halogens is 1. The average molecular weight is 402 g/mol. The molecule has 142 valence electrons. The fourth-order valence-electron chi connectivity index (χ4n) is 3.68. The predicted octanol–water partition coefficient (Wildman–Crippen LogP) is 3.82. The lowest BCUT2D eigenvalue weighted by Crippen LogP contribution is -2.45. The Kier molecular flexibility index (Phi) is 6.03. The molecule has 2 aromatic carbocycles. The van der Waals surface area contributed by atoms with E-state index < -0.39 is 0 Å². The standard InChI is InChI=1S/C21H24ClN3OS/c22-17-8-6-16(7-9-17)20-21(26)25(18-4-1-2-5-19(18)27-20)13-3-12-24-14-10-23-11-15-24/h1-2,4-9,20,23H,3,10-15H2. The lowest BCUT2D eigenvalue weighted by Gasteiger charge is -2.35. The van der Waals surface area contributed by atoms with E-state index in [0.29, 0.717) is 5.02 Å². The van der Waals surface area contributed by atoms with Gasteiger partial charge in [-0.1, -0.05) is 35.9 Å². The quantitative estimate of drug-likeness (QED) is 0.826. The van der Waals surface area contributed by atoms with Gasteiger partial charge in [-0.15, -0.1) is 11.8 Å². The second kappa shape index (κ2) is 8.65. The molecule has 2 heterocycles. The van der Waals surface area contributed by atoms with E-state index in [4.69, 9.17) is 11.6 Å². The first-order chi connectivity index (χ1) is 13.2. The highest BCUT2D eigenvalue weighted by atomic mass is 35.5. The lowest BCUT2D eigenvalue weighted by molar-refractivity contribution is -0.118. The van der Waals surface area contributed by atoms with Crippen molar-refractivity contribution in [3.05, 3.63) is 59.1 Å². The highest BCUT2D eigenvalue weighted by Crippen LogP contribution is 2.46. The summed E-state index contributed by atoms with van der Waals surface area (Å²) in [4.78, 5) is 18.9. The Labute approximate surface area is 169 Å². The van der Waals surface area contributed by atoms with Crippen LogP contribution in [0.1, 0.15) is 17.2 Å². The average Bonchev–Trinajstić information content (AvgIpc) is 2.71. The van der Waals surface area contributed by atoms with E-state index in [0.717, 1.165) is 56.9 Å². The summed E-state index contributed by atoms with van der Waals surface area (Å²) in [7, 11) is 0. The minimum absolute atomic E-state index is 0.168. The number of benzene rings is 2. The molecule has 2 aliphatic rings. The molecule has 1 fully saturated rings. The normalized spacial score (nSPS) is 20.6. The molecule has 27 heavy (non-hydrogen) atoms. The number of anilines is 1. The summed E-state index contributed by atoms with van der Waals surface area (Å²) in [5.74, 6) is 0.168. The van der Waals surface area contributed by atoms with Gasteiger partial charge >= 0.3 is 0 Å². The Morgan fingerprint density at radius 2 is 1.78 bits per heavy atom. The second-order valence-corrected chi connectivity index (χ2v) is 8.54. The van der Waals surface area contributed by atoms with Gasteiger partial charge in [0.2, 0.25) is 5.91 Å². The summed E-state index contributed by atoms with van der Waals surface area (Å²) in [5, 5.41) is 3.87. The van der Waals surface area contributed by atoms with Crippen LogP contribution in [-0.4, -0.2) is 50.1 Å². The van der Waals surface area contributed by atoms with Crippen LogP contribution in [0, 0.1) is 0 Å². The molecule has 0 radical (unpaired) electrons. The van der Waals surface area contributed by atoms with Gasteiger partial charge < -0.3 is 15.1 Å². The summed E-state index contributed by atoms with van der Waals surface area (Å²) in [6.07, 6.45) is 0.984. The third kappa shape index (κ3) is 4.32. The SMILES string of the molecule is O=C1C(c2ccc(Cl)cc2)Sc2ccccc2N1CCCN1CCNCC1. The number of nitrogens with one attached hydrogen (secondary N) is 1. The van der Waals surface area contributed by atoms with Crippen molar-refractivity contribution in [3.8, 4) is 0 Å². The molecule has 1 amide bonds. The molecule has 6 heteroatoms. The molecule has 0 spiro atoms. The summed E-state index contributed by atoms with van der Waals surface area (Å²) in [5.41, 5.74) is 2.05. The zero-order valence-electron chi connectivity index (χ0n) is 15.2. The van der Waals surface area contributed by atoms with Gasteiger partial charge in [0.1, 0.15) is 5.25 Å². The Morgan fingerprint density at radius 1 is 1.04 bits per heavy atom. The Balaban J connectivity index is 1.51. The molecule has 0 bridgehead atoms. The van der Waals surface area contributed by atoms with E-state index in [2.05, 4.69) is 22.3 Å². The summed E-state index contributed by atoms with van der Waals surface area (Å²) in [6, 6.07) is 15.9. The Bertz CT molecular complexity index is 792. The first-order valence-electron chi connectivity index (χ1n) is 9.48. The van der Waals surface area contributed by atoms with Crippen molar-refractivity contribution in [2.75, 3.05) is 44.2 Å². The number of piperazine rings is 1. The molecule has 1 saturated heterocycles. The fraction of sp³-hybridized carbons (Fsp3) is 0.381. The predicted molar refractivity (Wildman–Crippen MR) is 113 cm³/mol. The largest absolute Gasteiger partial charge is 0.314 e. The summed E-state index contributed by atoms with van der Waals surface area (Å²) >= 11 is 7.66. The van der Waals surface area contributed by atoms with E-state index >= 15 is 0 Å².